The third-order valence-corrected chi connectivity index (χ3v) is 2.36. The fourth-order valence-corrected chi connectivity index (χ4v) is 1.46. The van der Waals surface area contributed by atoms with E-state index in [0.717, 1.165) is 17.0 Å². The molecule has 78 valence electrons. The molecule has 2 rings (SSSR count). The van der Waals surface area contributed by atoms with Crippen molar-refractivity contribution in [1.29, 1.82) is 0 Å². The Morgan fingerprint density at radius 2 is 1.69 bits per heavy atom. The Kier molecular flexibility index (Phi) is 3.03. The van der Waals surface area contributed by atoms with E-state index in [1.807, 2.05) is 43.3 Å². The minimum Gasteiger partial charge on any atom is -0.245 e. The van der Waals surface area contributed by atoms with Gasteiger partial charge in [-0.3, -0.25) is 0 Å². The van der Waals surface area contributed by atoms with E-state index in [1.54, 1.807) is 0 Å². The maximum Gasteiger partial charge on any atom is 0.113 e. The summed E-state index contributed by atoms with van der Waals surface area (Å²) in [6, 6.07) is 14.0. The zero-order valence-corrected chi connectivity index (χ0v) is 9.49. The summed E-state index contributed by atoms with van der Waals surface area (Å²) in [4.78, 5) is 4.34. The fourth-order valence-electron chi connectivity index (χ4n) is 1.46. The van der Waals surface area contributed by atoms with Crippen molar-refractivity contribution in [2.24, 2.45) is 0 Å². The number of pyridine rings is 1. The van der Waals surface area contributed by atoms with E-state index < -0.39 is 0 Å². The summed E-state index contributed by atoms with van der Waals surface area (Å²) in [5.74, 6) is 6.23. The van der Waals surface area contributed by atoms with Crippen molar-refractivity contribution in [3.8, 4) is 11.8 Å². The molecule has 0 saturated heterocycles. The van der Waals surface area contributed by atoms with Crippen LogP contribution in [0.15, 0.2) is 42.5 Å². The van der Waals surface area contributed by atoms with Crippen LogP contribution in [-0.2, 0) is 0 Å². The monoisotopic (exact) mass is 207 g/mol. The normalized spacial score (nSPS) is 9.38. The molecule has 1 heteroatoms. The van der Waals surface area contributed by atoms with Gasteiger partial charge < -0.3 is 0 Å². The lowest BCUT2D eigenvalue weighted by Gasteiger charge is -1.95. The minimum atomic E-state index is 0.822. The average molecular weight is 207 g/mol. The molecule has 0 N–H and O–H groups in total. The van der Waals surface area contributed by atoms with Gasteiger partial charge in [-0.2, -0.15) is 0 Å². The van der Waals surface area contributed by atoms with Gasteiger partial charge in [-0.1, -0.05) is 30.2 Å². The van der Waals surface area contributed by atoms with Crippen LogP contribution in [0.4, 0.5) is 0 Å². The molecule has 0 fully saturated rings. The second-order valence-electron chi connectivity index (χ2n) is 3.73. The minimum absolute atomic E-state index is 0.822. The molecule has 0 aliphatic heterocycles. The summed E-state index contributed by atoms with van der Waals surface area (Å²) in [6.07, 6.45) is 0. The first kappa shape index (κ1) is 10.4. The van der Waals surface area contributed by atoms with Gasteiger partial charge >= 0.3 is 0 Å². The van der Waals surface area contributed by atoms with Crippen molar-refractivity contribution >= 4 is 0 Å². The molecule has 1 aromatic heterocycles. The van der Waals surface area contributed by atoms with Crippen molar-refractivity contribution in [2.45, 2.75) is 13.8 Å². The highest BCUT2D eigenvalue weighted by atomic mass is 14.7. The van der Waals surface area contributed by atoms with Crippen molar-refractivity contribution in [3.63, 3.8) is 0 Å². The van der Waals surface area contributed by atoms with Gasteiger partial charge in [-0.05, 0) is 43.5 Å². The van der Waals surface area contributed by atoms with Gasteiger partial charge in [0.25, 0.3) is 0 Å². The number of nitrogens with zero attached hydrogens (tertiary/aromatic N) is 1. The van der Waals surface area contributed by atoms with Crippen molar-refractivity contribution in [3.05, 3.63) is 65.0 Å². The number of aromatic nitrogens is 1. The fraction of sp³-hybridized carbons (Fsp3) is 0.133. The molecule has 0 atom stereocenters. The van der Waals surface area contributed by atoms with Crippen LogP contribution in [-0.4, -0.2) is 4.98 Å². The van der Waals surface area contributed by atoms with Crippen LogP contribution < -0.4 is 0 Å². The highest BCUT2D eigenvalue weighted by Crippen LogP contribution is 2.05. The Hall–Kier alpha value is -2.07. The molecule has 0 bridgehead atoms. The molecule has 2 aromatic rings. The van der Waals surface area contributed by atoms with E-state index in [9.17, 15) is 0 Å². The second kappa shape index (κ2) is 4.63. The molecule has 1 aromatic carbocycles. The Bertz CT molecular complexity index is 559. The smallest absolute Gasteiger partial charge is 0.113 e. The first-order valence-electron chi connectivity index (χ1n) is 5.27. The molecule has 16 heavy (non-hydrogen) atoms. The molecule has 0 radical (unpaired) electrons. The molecule has 0 unspecified atom stereocenters. The van der Waals surface area contributed by atoms with Gasteiger partial charge in [0.2, 0.25) is 0 Å². The van der Waals surface area contributed by atoms with Gasteiger partial charge in [0.1, 0.15) is 5.69 Å². The van der Waals surface area contributed by atoms with E-state index >= 15 is 0 Å². The topological polar surface area (TPSA) is 12.9 Å². The number of rotatable bonds is 0. The molecular weight excluding hydrogens is 194 g/mol. The SMILES string of the molecule is Cc1cccc(C#Cc2ccccc2C)n1. The predicted octanol–water partition coefficient (Wildman–Crippen LogP) is 3.10. The molecule has 0 saturated carbocycles. The van der Waals surface area contributed by atoms with Gasteiger partial charge in [0.15, 0.2) is 0 Å². The van der Waals surface area contributed by atoms with Gasteiger partial charge in [-0.15, -0.1) is 0 Å². The van der Waals surface area contributed by atoms with Crippen LogP contribution >= 0.6 is 0 Å². The van der Waals surface area contributed by atoms with Crippen molar-refractivity contribution < 1.29 is 0 Å². The van der Waals surface area contributed by atoms with E-state index in [1.165, 1.54) is 5.56 Å². The number of hydrogen-bond acceptors (Lipinski definition) is 1. The van der Waals surface area contributed by atoms with E-state index in [-0.39, 0.29) is 0 Å². The first-order valence-corrected chi connectivity index (χ1v) is 5.27. The maximum absolute atomic E-state index is 4.34. The molecule has 0 aliphatic rings. The quantitative estimate of drug-likeness (QED) is 0.605. The molecular formula is C15H13N. The molecule has 1 nitrogen and oxygen atoms in total. The predicted molar refractivity (Wildman–Crippen MR) is 66.1 cm³/mol. The Balaban J connectivity index is 2.32. The molecule has 0 spiro atoms. The van der Waals surface area contributed by atoms with Crippen LogP contribution in [0.2, 0.25) is 0 Å². The van der Waals surface area contributed by atoms with Crippen LogP contribution in [0.25, 0.3) is 0 Å². The second-order valence-corrected chi connectivity index (χ2v) is 3.73. The van der Waals surface area contributed by atoms with Crippen molar-refractivity contribution in [1.82, 2.24) is 4.98 Å². The van der Waals surface area contributed by atoms with E-state index in [4.69, 9.17) is 0 Å². The van der Waals surface area contributed by atoms with E-state index in [0.29, 0.717) is 0 Å². The lowest BCUT2D eigenvalue weighted by Crippen LogP contribution is -1.85. The Labute approximate surface area is 96.2 Å². The summed E-state index contributed by atoms with van der Waals surface area (Å²) >= 11 is 0. The summed E-state index contributed by atoms with van der Waals surface area (Å²) in [5, 5.41) is 0. The van der Waals surface area contributed by atoms with Crippen LogP contribution in [0.1, 0.15) is 22.5 Å². The summed E-state index contributed by atoms with van der Waals surface area (Å²) < 4.78 is 0. The van der Waals surface area contributed by atoms with Crippen LogP contribution in [0, 0.1) is 25.7 Å². The Morgan fingerprint density at radius 3 is 2.44 bits per heavy atom. The number of aryl methyl sites for hydroxylation is 2. The third-order valence-electron chi connectivity index (χ3n) is 2.36. The summed E-state index contributed by atoms with van der Waals surface area (Å²) in [6.45, 7) is 4.03. The Morgan fingerprint density at radius 1 is 0.875 bits per heavy atom. The molecule has 1 heterocycles. The van der Waals surface area contributed by atoms with Gasteiger partial charge in [0.05, 0.1) is 0 Å². The largest absolute Gasteiger partial charge is 0.245 e. The highest BCUT2D eigenvalue weighted by Gasteiger charge is 1.92. The van der Waals surface area contributed by atoms with Crippen molar-refractivity contribution in [2.75, 3.05) is 0 Å². The van der Waals surface area contributed by atoms with Crippen LogP contribution in [0.3, 0.4) is 0 Å². The zero-order chi connectivity index (χ0) is 11.4. The summed E-state index contributed by atoms with van der Waals surface area (Å²) in [7, 11) is 0. The number of hydrogen-bond donors (Lipinski definition) is 0. The zero-order valence-electron chi connectivity index (χ0n) is 9.49. The highest BCUT2D eigenvalue weighted by molar-refractivity contribution is 5.44. The molecule has 0 aliphatic carbocycles. The van der Waals surface area contributed by atoms with Gasteiger partial charge in [-0.25, -0.2) is 4.98 Å². The number of benzene rings is 1. The summed E-state index contributed by atoms with van der Waals surface area (Å²) in [5.41, 5.74) is 4.08. The lowest BCUT2D eigenvalue weighted by molar-refractivity contribution is 1.18. The van der Waals surface area contributed by atoms with E-state index in [2.05, 4.69) is 29.8 Å². The standard InChI is InChI=1S/C15H13N/c1-12-6-3-4-8-14(12)10-11-15-9-5-7-13(2)16-15/h3-9H,1-2H3. The average Bonchev–Trinajstić information content (AvgIpc) is 2.28. The van der Waals surface area contributed by atoms with Gasteiger partial charge in [0, 0.05) is 11.3 Å². The van der Waals surface area contributed by atoms with Crippen LogP contribution in [0.5, 0.6) is 0 Å². The maximum atomic E-state index is 4.34. The molecule has 0 amide bonds. The lowest BCUT2D eigenvalue weighted by atomic mass is 10.1. The third kappa shape index (κ3) is 2.49. The first-order chi connectivity index (χ1) is 7.75.